The molecule has 11 aromatic rings. The van der Waals surface area contributed by atoms with E-state index in [1.54, 1.807) is 0 Å². The highest BCUT2D eigenvalue weighted by Gasteiger charge is 2.27. The van der Waals surface area contributed by atoms with E-state index in [1.165, 1.54) is 36.5 Å². The third-order valence-corrected chi connectivity index (χ3v) is 12.4. The lowest BCUT2D eigenvalue weighted by Crippen LogP contribution is -2.36. The van der Waals surface area contributed by atoms with Gasteiger partial charge in [-0.1, -0.05) is 121 Å². The number of furan rings is 1. The Labute approximate surface area is 331 Å². The molecule has 1 aliphatic rings. The zero-order valence-corrected chi connectivity index (χ0v) is 31.4. The van der Waals surface area contributed by atoms with Gasteiger partial charge in [-0.25, -0.2) is 9.98 Å². The topological polar surface area (TPSA) is 54.8 Å². The number of fused-ring (bicyclic) bond motifs is 10. The van der Waals surface area contributed by atoms with Gasteiger partial charge in [0.05, 0.1) is 16.4 Å². The van der Waals surface area contributed by atoms with Crippen molar-refractivity contribution in [2.24, 2.45) is 9.98 Å². The van der Waals surface area contributed by atoms with Crippen LogP contribution in [0.3, 0.4) is 0 Å². The van der Waals surface area contributed by atoms with Crippen molar-refractivity contribution in [2.75, 3.05) is 0 Å². The second-order valence-corrected chi connectivity index (χ2v) is 15.6. The van der Waals surface area contributed by atoms with Crippen LogP contribution in [0.5, 0.6) is 0 Å². The maximum absolute atomic E-state index is 6.71. The standard InChI is InChI=1S/C51H32N4OS/c1-3-12-31(13-4-1)32-22-24-33(25-23-32)49-52-50(34-26-29-45-40(30-34)37-17-8-10-21-44(37)57-45)54-51(53-49)39-18-11-20-42-46(39)47-43(56-42)28-27-38-36-16-7-9-19-41(36)55(48(38)47)35-14-5-2-6-15-35/h1-30,51H,(H,52,53,54). The molecule has 6 heteroatoms. The summed E-state index contributed by atoms with van der Waals surface area (Å²) in [6.45, 7) is 0. The molecule has 1 aliphatic heterocycles. The molecule has 0 saturated carbocycles. The molecule has 57 heavy (non-hydrogen) atoms. The number of amidine groups is 2. The highest BCUT2D eigenvalue weighted by molar-refractivity contribution is 7.25. The highest BCUT2D eigenvalue weighted by atomic mass is 32.1. The van der Waals surface area contributed by atoms with Crippen molar-refractivity contribution in [3.63, 3.8) is 0 Å². The minimum atomic E-state index is -0.547. The van der Waals surface area contributed by atoms with Gasteiger partial charge in [0.2, 0.25) is 0 Å². The first-order valence-corrected chi connectivity index (χ1v) is 20.0. The lowest BCUT2D eigenvalue weighted by atomic mass is 10.0. The summed E-state index contributed by atoms with van der Waals surface area (Å²) in [5.74, 6) is 1.55. The van der Waals surface area contributed by atoms with Crippen molar-refractivity contribution in [1.29, 1.82) is 0 Å². The van der Waals surface area contributed by atoms with Gasteiger partial charge in [0, 0.05) is 58.7 Å². The number of thiophene rings is 1. The third-order valence-electron chi connectivity index (χ3n) is 11.3. The zero-order chi connectivity index (χ0) is 37.5. The van der Waals surface area contributed by atoms with Gasteiger partial charge in [0.15, 0.2) is 6.17 Å². The molecular formula is C51H32N4OS. The Kier molecular flexibility index (Phi) is 7.09. The number of rotatable bonds is 5. The van der Waals surface area contributed by atoms with Crippen LogP contribution in [0.15, 0.2) is 196 Å². The van der Waals surface area contributed by atoms with E-state index in [2.05, 4.69) is 186 Å². The van der Waals surface area contributed by atoms with Crippen molar-refractivity contribution in [3.8, 4) is 16.8 Å². The molecule has 0 amide bonds. The van der Waals surface area contributed by atoms with Crippen LogP contribution in [-0.2, 0) is 0 Å². The average Bonchev–Trinajstić information content (AvgIpc) is 3.96. The van der Waals surface area contributed by atoms with E-state index < -0.39 is 6.17 Å². The summed E-state index contributed by atoms with van der Waals surface area (Å²) in [6.07, 6.45) is -0.547. The number of aliphatic imine (C=N–C) groups is 2. The number of benzene rings is 8. The number of aromatic nitrogens is 1. The maximum atomic E-state index is 6.71. The third kappa shape index (κ3) is 5.08. The fourth-order valence-electron chi connectivity index (χ4n) is 8.65. The predicted octanol–water partition coefficient (Wildman–Crippen LogP) is 13.2. The second-order valence-electron chi connectivity index (χ2n) is 14.6. The van der Waals surface area contributed by atoms with Crippen LogP contribution in [0, 0.1) is 0 Å². The van der Waals surface area contributed by atoms with Gasteiger partial charge in [-0.15, -0.1) is 11.3 Å². The Morgan fingerprint density at radius 1 is 0.474 bits per heavy atom. The largest absolute Gasteiger partial charge is 0.456 e. The number of hydrogen-bond donors (Lipinski definition) is 1. The predicted molar refractivity (Wildman–Crippen MR) is 238 cm³/mol. The first kappa shape index (κ1) is 32.0. The van der Waals surface area contributed by atoms with Crippen LogP contribution in [0.4, 0.5) is 0 Å². The quantitative estimate of drug-likeness (QED) is 0.191. The maximum Gasteiger partial charge on any atom is 0.170 e. The molecule has 0 saturated heterocycles. The summed E-state index contributed by atoms with van der Waals surface area (Å²) in [5.41, 5.74) is 10.3. The summed E-state index contributed by atoms with van der Waals surface area (Å²) in [4.78, 5) is 10.9. The Morgan fingerprint density at radius 2 is 1.12 bits per heavy atom. The zero-order valence-electron chi connectivity index (χ0n) is 30.6. The van der Waals surface area contributed by atoms with Gasteiger partial charge in [0.1, 0.15) is 22.8 Å². The lowest BCUT2D eigenvalue weighted by molar-refractivity contribution is 0.668. The molecule has 1 unspecified atom stereocenters. The molecule has 4 heterocycles. The van der Waals surface area contributed by atoms with Crippen molar-refractivity contribution in [3.05, 3.63) is 199 Å². The molecular weight excluding hydrogens is 717 g/mol. The van der Waals surface area contributed by atoms with E-state index in [-0.39, 0.29) is 0 Å². The molecule has 5 nitrogen and oxygen atoms in total. The summed E-state index contributed by atoms with van der Waals surface area (Å²) in [7, 11) is 0. The smallest absolute Gasteiger partial charge is 0.170 e. The Morgan fingerprint density at radius 3 is 1.96 bits per heavy atom. The van der Waals surface area contributed by atoms with Gasteiger partial charge in [-0.3, -0.25) is 0 Å². The summed E-state index contributed by atoms with van der Waals surface area (Å²) >= 11 is 1.82. The van der Waals surface area contributed by atoms with E-state index in [9.17, 15) is 0 Å². The average molecular weight is 749 g/mol. The van der Waals surface area contributed by atoms with Crippen LogP contribution >= 0.6 is 11.3 Å². The lowest BCUT2D eigenvalue weighted by Gasteiger charge is -2.23. The second kappa shape index (κ2) is 12.6. The SMILES string of the molecule is c1ccc(-c2ccc(C3=NC(c4cccc5oc6ccc7c8ccccc8n(-c8ccccc8)c7c6c45)N=C(c4ccc5sc6ccccc6c5c4)N3)cc2)cc1. The Hall–Kier alpha value is -7.28. The molecule has 0 bridgehead atoms. The normalized spacial score (nSPS) is 14.5. The van der Waals surface area contributed by atoms with Crippen LogP contribution in [0.2, 0.25) is 0 Å². The molecule has 1 atom stereocenters. The minimum Gasteiger partial charge on any atom is -0.456 e. The van der Waals surface area contributed by atoms with Gasteiger partial charge < -0.3 is 14.3 Å². The minimum absolute atomic E-state index is 0.547. The molecule has 8 aromatic carbocycles. The monoisotopic (exact) mass is 748 g/mol. The van der Waals surface area contributed by atoms with E-state index in [0.29, 0.717) is 0 Å². The molecule has 12 rings (SSSR count). The fraction of sp³-hybridized carbons (Fsp3) is 0.0196. The van der Waals surface area contributed by atoms with E-state index in [1.807, 2.05) is 17.4 Å². The molecule has 0 aliphatic carbocycles. The molecule has 268 valence electrons. The molecule has 0 radical (unpaired) electrons. The summed E-state index contributed by atoms with van der Waals surface area (Å²) in [5, 5.41) is 10.6. The van der Waals surface area contributed by atoms with E-state index >= 15 is 0 Å². The van der Waals surface area contributed by atoms with Crippen LogP contribution in [-0.4, -0.2) is 16.2 Å². The van der Waals surface area contributed by atoms with Crippen LogP contribution in [0.25, 0.3) is 80.7 Å². The van der Waals surface area contributed by atoms with Crippen molar-refractivity contribution < 1.29 is 4.42 Å². The molecule has 0 spiro atoms. The Bertz CT molecular complexity index is 3430. The summed E-state index contributed by atoms with van der Waals surface area (Å²) < 4.78 is 11.6. The van der Waals surface area contributed by atoms with E-state index in [4.69, 9.17) is 14.4 Å². The number of nitrogens with zero attached hydrogens (tertiary/aromatic N) is 3. The number of nitrogens with one attached hydrogen (secondary N) is 1. The van der Waals surface area contributed by atoms with Crippen LogP contribution < -0.4 is 5.32 Å². The number of hydrogen-bond acceptors (Lipinski definition) is 5. The molecule has 3 aromatic heterocycles. The van der Waals surface area contributed by atoms with Crippen LogP contribution in [0.1, 0.15) is 22.9 Å². The number of para-hydroxylation sites is 2. The Balaban J connectivity index is 1.10. The molecule has 0 fully saturated rings. The van der Waals surface area contributed by atoms with Crippen molar-refractivity contribution in [1.82, 2.24) is 9.88 Å². The van der Waals surface area contributed by atoms with Crippen molar-refractivity contribution in [2.45, 2.75) is 6.17 Å². The first-order chi connectivity index (χ1) is 28.2. The van der Waals surface area contributed by atoms with Gasteiger partial charge in [0.25, 0.3) is 0 Å². The van der Waals surface area contributed by atoms with Gasteiger partial charge in [-0.05, 0) is 71.8 Å². The van der Waals surface area contributed by atoms with Gasteiger partial charge in [-0.2, -0.15) is 0 Å². The molecule has 1 N–H and O–H groups in total. The first-order valence-electron chi connectivity index (χ1n) is 19.2. The fourth-order valence-corrected chi connectivity index (χ4v) is 9.74. The van der Waals surface area contributed by atoms with Crippen molar-refractivity contribution >= 4 is 86.9 Å². The highest BCUT2D eigenvalue weighted by Crippen LogP contribution is 2.44. The summed E-state index contributed by atoms with van der Waals surface area (Å²) in [6, 6.07) is 64.2. The van der Waals surface area contributed by atoms with Gasteiger partial charge >= 0.3 is 0 Å². The van der Waals surface area contributed by atoms with E-state index in [0.717, 1.165) is 72.6 Å².